The van der Waals surface area contributed by atoms with Crippen molar-refractivity contribution >= 4 is 27.1 Å². The van der Waals surface area contributed by atoms with Crippen LogP contribution in [0, 0.1) is 0 Å². The van der Waals surface area contributed by atoms with Crippen molar-refractivity contribution in [1.29, 1.82) is 0 Å². The van der Waals surface area contributed by atoms with Crippen molar-refractivity contribution in [2.24, 2.45) is 0 Å². The molecule has 0 heterocycles. The highest BCUT2D eigenvalue weighted by Gasteiger charge is 2.22. The van der Waals surface area contributed by atoms with E-state index in [4.69, 9.17) is 22.1 Å². The van der Waals surface area contributed by atoms with Crippen LogP contribution in [0.25, 0.3) is 0 Å². The maximum atomic E-state index is 12.1. The Bertz CT molecular complexity index is 526. The molecule has 1 aromatic rings. The van der Waals surface area contributed by atoms with Gasteiger partial charge in [0.1, 0.15) is 0 Å². The third kappa shape index (κ3) is 3.86. The van der Waals surface area contributed by atoms with E-state index < -0.39 is 15.4 Å². The predicted octanol–water partition coefficient (Wildman–Crippen LogP) is 2.51. The van der Waals surface area contributed by atoms with Gasteiger partial charge in [0.2, 0.25) is 0 Å². The Hall–Kier alpha value is -0.780. The van der Waals surface area contributed by atoms with E-state index in [1.54, 1.807) is 7.11 Å². The fraction of sp³-hybridized carbons (Fsp3) is 0.500. The van der Waals surface area contributed by atoms with Gasteiger partial charge in [0.05, 0.1) is 27.0 Å². The SMILES string of the molecule is COC(C)(C)CCS(=O)(=O)c1ccc(N)c(Cl)c1. The normalized spacial score (nSPS) is 12.7. The molecule has 102 valence electrons. The lowest BCUT2D eigenvalue weighted by Gasteiger charge is -2.22. The fourth-order valence-electron chi connectivity index (χ4n) is 1.30. The highest BCUT2D eigenvalue weighted by Crippen LogP contribution is 2.24. The van der Waals surface area contributed by atoms with Crippen LogP contribution >= 0.6 is 11.6 Å². The summed E-state index contributed by atoms with van der Waals surface area (Å²) in [4.78, 5) is 0.189. The number of methoxy groups -OCH3 is 1. The summed E-state index contributed by atoms with van der Waals surface area (Å²) in [5.74, 6) is 0.00802. The van der Waals surface area contributed by atoms with Gasteiger partial charge in [-0.25, -0.2) is 8.42 Å². The van der Waals surface area contributed by atoms with Crippen molar-refractivity contribution in [1.82, 2.24) is 0 Å². The van der Waals surface area contributed by atoms with Crippen LogP contribution in [0.2, 0.25) is 5.02 Å². The molecule has 0 saturated heterocycles. The van der Waals surface area contributed by atoms with E-state index in [0.29, 0.717) is 12.1 Å². The second kappa shape index (κ2) is 5.47. The zero-order valence-corrected chi connectivity index (χ0v) is 12.3. The molecule has 0 aliphatic rings. The molecule has 0 atom stereocenters. The number of anilines is 1. The summed E-state index contributed by atoms with van der Waals surface area (Å²) in [7, 11) is -1.80. The topological polar surface area (TPSA) is 69.4 Å². The fourth-order valence-corrected chi connectivity index (χ4v) is 3.12. The molecule has 0 aliphatic carbocycles. The molecule has 0 aromatic heterocycles. The molecule has 6 heteroatoms. The van der Waals surface area contributed by atoms with Gasteiger partial charge < -0.3 is 10.5 Å². The molecule has 1 aromatic carbocycles. The van der Waals surface area contributed by atoms with E-state index in [2.05, 4.69) is 0 Å². The van der Waals surface area contributed by atoms with Crippen LogP contribution in [0.1, 0.15) is 20.3 Å². The smallest absolute Gasteiger partial charge is 0.178 e. The average Bonchev–Trinajstić information content (AvgIpc) is 2.30. The monoisotopic (exact) mass is 291 g/mol. The summed E-state index contributed by atoms with van der Waals surface area (Å²) < 4.78 is 29.4. The Morgan fingerprint density at radius 2 is 2.00 bits per heavy atom. The van der Waals surface area contributed by atoms with Crippen LogP contribution in [-0.2, 0) is 14.6 Å². The van der Waals surface area contributed by atoms with Gasteiger partial charge in [0, 0.05) is 7.11 Å². The third-order valence-corrected chi connectivity index (χ3v) is 4.90. The molecule has 0 unspecified atom stereocenters. The number of halogens is 1. The summed E-state index contributed by atoms with van der Waals surface area (Å²) in [5.41, 5.74) is 5.45. The predicted molar refractivity (Wildman–Crippen MR) is 73.6 cm³/mol. The van der Waals surface area contributed by atoms with Gasteiger partial charge in [-0.05, 0) is 38.5 Å². The average molecular weight is 292 g/mol. The number of rotatable bonds is 5. The number of hydrogen-bond acceptors (Lipinski definition) is 4. The van der Waals surface area contributed by atoms with E-state index in [0.717, 1.165) is 0 Å². The zero-order chi connectivity index (χ0) is 14.0. The van der Waals surface area contributed by atoms with Crippen molar-refractivity contribution in [3.05, 3.63) is 23.2 Å². The number of sulfone groups is 1. The maximum Gasteiger partial charge on any atom is 0.178 e. The largest absolute Gasteiger partial charge is 0.398 e. The first-order valence-electron chi connectivity index (χ1n) is 5.51. The Labute approximate surface area is 113 Å². The van der Waals surface area contributed by atoms with E-state index in [1.165, 1.54) is 18.2 Å². The Morgan fingerprint density at radius 1 is 1.39 bits per heavy atom. The Morgan fingerprint density at radius 3 is 2.50 bits per heavy atom. The summed E-state index contributed by atoms with van der Waals surface area (Å²) >= 11 is 5.82. The lowest BCUT2D eigenvalue weighted by atomic mass is 10.1. The lowest BCUT2D eigenvalue weighted by molar-refractivity contribution is 0.0203. The van der Waals surface area contributed by atoms with Crippen molar-refractivity contribution in [3.8, 4) is 0 Å². The number of ether oxygens (including phenoxy) is 1. The minimum absolute atomic E-state index is 0.00802. The molecule has 0 aliphatic heterocycles. The van der Waals surface area contributed by atoms with Crippen molar-refractivity contribution in [3.63, 3.8) is 0 Å². The highest BCUT2D eigenvalue weighted by atomic mass is 35.5. The van der Waals surface area contributed by atoms with Crippen LogP contribution in [0.15, 0.2) is 23.1 Å². The second-order valence-corrected chi connectivity index (χ2v) is 7.23. The van der Waals surface area contributed by atoms with Crippen LogP contribution in [0.5, 0.6) is 0 Å². The first-order chi connectivity index (χ1) is 8.18. The van der Waals surface area contributed by atoms with Gasteiger partial charge >= 0.3 is 0 Å². The summed E-state index contributed by atoms with van der Waals surface area (Å²) in [6.07, 6.45) is 0.411. The maximum absolute atomic E-state index is 12.1. The molecule has 0 fully saturated rings. The van der Waals surface area contributed by atoms with Crippen LogP contribution in [0.3, 0.4) is 0 Å². The molecule has 0 amide bonds. The molecule has 0 bridgehead atoms. The van der Waals surface area contributed by atoms with Crippen molar-refractivity contribution in [2.45, 2.75) is 30.8 Å². The van der Waals surface area contributed by atoms with Crippen molar-refractivity contribution < 1.29 is 13.2 Å². The Balaban J connectivity index is 2.90. The molecular weight excluding hydrogens is 274 g/mol. The van der Waals surface area contributed by atoms with Gasteiger partial charge in [-0.2, -0.15) is 0 Å². The minimum Gasteiger partial charge on any atom is -0.398 e. The van der Waals surface area contributed by atoms with Crippen LogP contribution in [-0.4, -0.2) is 26.9 Å². The van der Waals surface area contributed by atoms with Gasteiger partial charge in [-0.3, -0.25) is 0 Å². The highest BCUT2D eigenvalue weighted by molar-refractivity contribution is 7.91. The minimum atomic E-state index is -3.36. The first kappa shape index (κ1) is 15.3. The van der Waals surface area contributed by atoms with Crippen molar-refractivity contribution in [2.75, 3.05) is 18.6 Å². The summed E-state index contributed by atoms with van der Waals surface area (Å²) in [6.45, 7) is 3.69. The van der Waals surface area contributed by atoms with E-state index in [9.17, 15) is 8.42 Å². The van der Waals surface area contributed by atoms with E-state index in [1.807, 2.05) is 13.8 Å². The lowest BCUT2D eigenvalue weighted by Crippen LogP contribution is -2.26. The van der Waals surface area contributed by atoms with Gasteiger partial charge in [-0.1, -0.05) is 11.6 Å². The number of benzene rings is 1. The molecular formula is C12H18ClNO3S. The first-order valence-corrected chi connectivity index (χ1v) is 7.54. The molecule has 2 N–H and O–H groups in total. The molecule has 0 saturated carbocycles. The summed E-state index contributed by atoms with van der Waals surface area (Å²) in [5, 5.41) is 0.252. The van der Waals surface area contributed by atoms with Gasteiger partial charge in [0.15, 0.2) is 9.84 Å². The molecule has 18 heavy (non-hydrogen) atoms. The van der Waals surface area contributed by atoms with Crippen LogP contribution < -0.4 is 5.73 Å². The molecule has 0 spiro atoms. The quantitative estimate of drug-likeness (QED) is 0.846. The standard InChI is InChI=1S/C12H18ClNO3S/c1-12(2,17-3)6-7-18(15,16)9-4-5-11(14)10(13)8-9/h4-5,8H,6-7,14H2,1-3H3. The number of nitrogens with two attached hydrogens (primary N) is 1. The van der Waals surface area contributed by atoms with E-state index >= 15 is 0 Å². The van der Waals surface area contributed by atoms with Crippen LogP contribution in [0.4, 0.5) is 5.69 Å². The van der Waals surface area contributed by atoms with E-state index in [-0.39, 0.29) is 15.7 Å². The van der Waals surface area contributed by atoms with Gasteiger partial charge in [-0.15, -0.1) is 0 Å². The zero-order valence-electron chi connectivity index (χ0n) is 10.7. The molecule has 4 nitrogen and oxygen atoms in total. The number of nitrogen functional groups attached to an aromatic ring is 1. The summed E-state index contributed by atoms with van der Waals surface area (Å²) in [6, 6.07) is 4.35. The van der Waals surface area contributed by atoms with Gasteiger partial charge in [0.25, 0.3) is 0 Å². The Kier molecular flexibility index (Phi) is 4.64. The molecule has 1 rings (SSSR count). The number of hydrogen-bond donors (Lipinski definition) is 1. The molecule has 0 radical (unpaired) electrons. The third-order valence-electron chi connectivity index (χ3n) is 2.86. The second-order valence-electron chi connectivity index (χ2n) is 4.72.